The number of benzene rings is 2. The predicted molar refractivity (Wildman–Crippen MR) is 142 cm³/mol. The maximum atomic E-state index is 6.36. The second kappa shape index (κ2) is 9.87. The number of aromatic nitrogens is 4. The Morgan fingerprint density at radius 2 is 1.64 bits per heavy atom. The highest BCUT2D eigenvalue weighted by molar-refractivity contribution is 5.98. The second-order valence-electron chi connectivity index (χ2n) is 10.0. The fraction of sp³-hybridized carbons (Fsp3) is 0.393. The molecule has 1 aliphatic heterocycles. The van der Waals surface area contributed by atoms with Crippen LogP contribution in [0.1, 0.15) is 38.6 Å². The Kier molecular flexibility index (Phi) is 6.29. The molecule has 8 nitrogen and oxygen atoms in total. The van der Waals surface area contributed by atoms with Crippen LogP contribution >= 0.6 is 0 Å². The number of hydrogen-bond acceptors (Lipinski definition) is 7. The standard InChI is InChI=1S/C28H33N7O/c1-19-17-34(16-15-30-19)21-9-11-22(12-10-21)35-28-25(27(29)31-18-32-28)26(33-35)20-7-13-24(14-8-20)36-23-5-3-2-4-6-23/h2-8,13-14,18-19,21-22,30H,9-12,15-17H2,1H3,(H2,29,31,32)/t19-,21-,22-/m0/s1. The number of hydrogen-bond donors (Lipinski definition) is 2. The summed E-state index contributed by atoms with van der Waals surface area (Å²) in [6.45, 7) is 5.64. The maximum absolute atomic E-state index is 6.36. The third-order valence-corrected chi connectivity index (χ3v) is 7.55. The highest BCUT2D eigenvalue weighted by Crippen LogP contribution is 2.37. The molecule has 4 aromatic rings. The summed E-state index contributed by atoms with van der Waals surface area (Å²) in [5.74, 6) is 2.05. The van der Waals surface area contributed by atoms with E-state index in [0.29, 0.717) is 23.9 Å². The molecule has 1 saturated carbocycles. The molecule has 3 heterocycles. The fourth-order valence-corrected chi connectivity index (χ4v) is 5.72. The van der Waals surface area contributed by atoms with E-state index in [1.54, 1.807) is 6.33 Å². The van der Waals surface area contributed by atoms with Gasteiger partial charge in [0.15, 0.2) is 5.65 Å². The largest absolute Gasteiger partial charge is 0.457 e. The van der Waals surface area contributed by atoms with E-state index in [4.69, 9.17) is 15.6 Å². The summed E-state index contributed by atoms with van der Waals surface area (Å²) in [5.41, 5.74) is 8.98. The van der Waals surface area contributed by atoms with Crippen molar-refractivity contribution in [1.29, 1.82) is 0 Å². The molecule has 1 atom stereocenters. The summed E-state index contributed by atoms with van der Waals surface area (Å²) in [7, 11) is 0. The first kappa shape index (κ1) is 22.9. The van der Waals surface area contributed by atoms with E-state index < -0.39 is 0 Å². The zero-order valence-corrected chi connectivity index (χ0v) is 20.7. The number of nitrogens with two attached hydrogens (primary N) is 1. The van der Waals surface area contributed by atoms with Gasteiger partial charge in [-0.1, -0.05) is 18.2 Å². The normalized spacial score (nSPS) is 23.1. The van der Waals surface area contributed by atoms with Crippen LogP contribution in [0.5, 0.6) is 11.5 Å². The van der Waals surface area contributed by atoms with Crippen LogP contribution in [0, 0.1) is 0 Å². The first-order valence-electron chi connectivity index (χ1n) is 12.9. The number of nitrogens with zero attached hydrogens (tertiary/aromatic N) is 5. The molecule has 2 aromatic carbocycles. The summed E-state index contributed by atoms with van der Waals surface area (Å²) < 4.78 is 8.07. The molecule has 2 aliphatic rings. The SMILES string of the molecule is C[C@H]1CN([C@H]2CC[C@H](n3nc(-c4ccc(Oc5ccccc5)cc4)c4c(N)ncnc43)CC2)CCN1. The number of fused-ring (bicyclic) bond motifs is 1. The van der Waals surface area contributed by atoms with Crippen molar-refractivity contribution in [3.05, 3.63) is 60.9 Å². The third-order valence-electron chi connectivity index (χ3n) is 7.55. The molecule has 2 aromatic heterocycles. The Morgan fingerprint density at radius 3 is 2.39 bits per heavy atom. The molecule has 0 radical (unpaired) electrons. The summed E-state index contributed by atoms with van der Waals surface area (Å²) in [6, 6.07) is 19.3. The van der Waals surface area contributed by atoms with Crippen LogP contribution in [0.15, 0.2) is 60.9 Å². The van der Waals surface area contributed by atoms with Crippen LogP contribution < -0.4 is 15.8 Å². The topological polar surface area (TPSA) is 94.1 Å². The molecule has 8 heteroatoms. The van der Waals surface area contributed by atoms with Crippen LogP contribution in [0.2, 0.25) is 0 Å². The van der Waals surface area contributed by atoms with Gasteiger partial charge in [-0.2, -0.15) is 5.10 Å². The van der Waals surface area contributed by atoms with Gasteiger partial charge in [0.1, 0.15) is 29.3 Å². The smallest absolute Gasteiger partial charge is 0.164 e. The number of nitrogens with one attached hydrogen (secondary N) is 1. The molecule has 0 unspecified atom stereocenters. The lowest BCUT2D eigenvalue weighted by Crippen LogP contribution is -2.53. The van der Waals surface area contributed by atoms with Gasteiger partial charge in [0, 0.05) is 37.3 Å². The van der Waals surface area contributed by atoms with Gasteiger partial charge in [0.25, 0.3) is 0 Å². The molecule has 6 rings (SSSR count). The Balaban J connectivity index is 1.25. The molecule has 0 spiro atoms. The average molecular weight is 484 g/mol. The zero-order chi connectivity index (χ0) is 24.5. The highest BCUT2D eigenvalue weighted by atomic mass is 16.5. The minimum Gasteiger partial charge on any atom is -0.457 e. The van der Waals surface area contributed by atoms with Crippen molar-refractivity contribution in [3.8, 4) is 22.8 Å². The van der Waals surface area contributed by atoms with Gasteiger partial charge in [-0.05, 0) is 69.0 Å². The highest BCUT2D eigenvalue weighted by Gasteiger charge is 2.31. The fourth-order valence-electron chi connectivity index (χ4n) is 5.72. The van der Waals surface area contributed by atoms with E-state index in [9.17, 15) is 0 Å². The summed E-state index contributed by atoms with van der Waals surface area (Å²) in [4.78, 5) is 11.6. The number of piperazine rings is 1. The van der Waals surface area contributed by atoms with Crippen molar-refractivity contribution in [2.75, 3.05) is 25.4 Å². The molecule has 1 aliphatic carbocycles. The monoisotopic (exact) mass is 483 g/mol. The van der Waals surface area contributed by atoms with E-state index in [1.165, 1.54) is 12.8 Å². The van der Waals surface area contributed by atoms with Crippen molar-refractivity contribution in [1.82, 2.24) is 30.0 Å². The van der Waals surface area contributed by atoms with E-state index >= 15 is 0 Å². The third kappa shape index (κ3) is 4.54. The van der Waals surface area contributed by atoms with Gasteiger partial charge in [0.05, 0.1) is 11.4 Å². The molecule has 1 saturated heterocycles. The van der Waals surface area contributed by atoms with Crippen LogP contribution in [0.3, 0.4) is 0 Å². The Hall–Kier alpha value is -3.49. The van der Waals surface area contributed by atoms with Gasteiger partial charge < -0.3 is 15.8 Å². The second-order valence-corrected chi connectivity index (χ2v) is 10.0. The number of para-hydroxylation sites is 1. The van der Waals surface area contributed by atoms with E-state index in [2.05, 4.69) is 31.8 Å². The van der Waals surface area contributed by atoms with Crippen LogP contribution in [-0.2, 0) is 0 Å². The Morgan fingerprint density at radius 1 is 0.917 bits per heavy atom. The van der Waals surface area contributed by atoms with E-state index in [-0.39, 0.29) is 0 Å². The van der Waals surface area contributed by atoms with Crippen LogP contribution in [0.4, 0.5) is 5.82 Å². The lowest BCUT2D eigenvalue weighted by Gasteiger charge is -2.41. The molecule has 186 valence electrons. The molecule has 0 bridgehead atoms. The van der Waals surface area contributed by atoms with E-state index in [1.807, 2.05) is 54.6 Å². The first-order chi connectivity index (χ1) is 17.7. The Bertz CT molecular complexity index is 1310. The van der Waals surface area contributed by atoms with Crippen molar-refractivity contribution in [3.63, 3.8) is 0 Å². The average Bonchev–Trinajstić information content (AvgIpc) is 3.31. The lowest BCUT2D eigenvalue weighted by atomic mass is 9.89. The van der Waals surface area contributed by atoms with Gasteiger partial charge in [-0.15, -0.1) is 0 Å². The molecule has 3 N–H and O–H groups in total. The minimum atomic E-state index is 0.313. The summed E-state index contributed by atoms with van der Waals surface area (Å²) in [5, 5.41) is 9.46. The van der Waals surface area contributed by atoms with Crippen LogP contribution in [-0.4, -0.2) is 56.4 Å². The van der Waals surface area contributed by atoms with Crippen molar-refractivity contribution in [2.24, 2.45) is 0 Å². The Labute approximate surface area is 211 Å². The number of rotatable bonds is 5. The maximum Gasteiger partial charge on any atom is 0.164 e. The number of nitrogen functional groups attached to an aromatic ring is 1. The van der Waals surface area contributed by atoms with Gasteiger partial charge in [-0.25, -0.2) is 14.6 Å². The van der Waals surface area contributed by atoms with Gasteiger partial charge in [-0.3, -0.25) is 4.90 Å². The van der Waals surface area contributed by atoms with Crippen LogP contribution in [0.25, 0.3) is 22.3 Å². The zero-order valence-electron chi connectivity index (χ0n) is 20.7. The quantitative estimate of drug-likeness (QED) is 0.427. The predicted octanol–water partition coefficient (Wildman–Crippen LogP) is 4.65. The van der Waals surface area contributed by atoms with E-state index in [0.717, 1.165) is 66.3 Å². The number of ether oxygens (including phenoxy) is 1. The minimum absolute atomic E-state index is 0.313. The molecule has 2 fully saturated rings. The summed E-state index contributed by atoms with van der Waals surface area (Å²) in [6.07, 6.45) is 6.09. The molecular weight excluding hydrogens is 450 g/mol. The first-order valence-corrected chi connectivity index (χ1v) is 12.9. The van der Waals surface area contributed by atoms with Crippen molar-refractivity contribution < 1.29 is 4.74 Å². The number of anilines is 1. The lowest BCUT2D eigenvalue weighted by molar-refractivity contribution is 0.105. The van der Waals surface area contributed by atoms with Crippen molar-refractivity contribution in [2.45, 2.75) is 50.7 Å². The molecule has 0 amide bonds. The van der Waals surface area contributed by atoms with Crippen molar-refractivity contribution >= 4 is 16.9 Å². The summed E-state index contributed by atoms with van der Waals surface area (Å²) >= 11 is 0. The molecule has 36 heavy (non-hydrogen) atoms. The van der Waals surface area contributed by atoms with Gasteiger partial charge in [0.2, 0.25) is 0 Å². The van der Waals surface area contributed by atoms with Gasteiger partial charge >= 0.3 is 0 Å². The molecular formula is C28H33N7O.